The van der Waals surface area contributed by atoms with Gasteiger partial charge in [-0.25, -0.2) is 4.98 Å². The second-order valence-electron chi connectivity index (χ2n) is 6.38. The van der Waals surface area contributed by atoms with Crippen LogP contribution in [0.2, 0.25) is 0 Å². The summed E-state index contributed by atoms with van der Waals surface area (Å²) in [5.41, 5.74) is 0. The van der Waals surface area contributed by atoms with Crippen molar-refractivity contribution in [3.63, 3.8) is 0 Å². The number of ether oxygens (including phenoxy) is 1. The van der Waals surface area contributed by atoms with Gasteiger partial charge in [0, 0.05) is 44.4 Å². The Labute approximate surface area is 128 Å². The molecule has 0 radical (unpaired) electrons. The van der Waals surface area contributed by atoms with Crippen LogP contribution in [-0.2, 0) is 16.1 Å². The van der Waals surface area contributed by atoms with Crippen LogP contribution in [0.25, 0.3) is 0 Å². The van der Waals surface area contributed by atoms with E-state index in [1.165, 1.54) is 5.01 Å². The van der Waals surface area contributed by atoms with E-state index in [4.69, 9.17) is 4.74 Å². The number of hydrogen-bond acceptors (Lipinski definition) is 5. The van der Waals surface area contributed by atoms with Gasteiger partial charge in [0.05, 0.1) is 6.54 Å². The molecular formula is C15H21N3O2S. The number of nitrogens with zero attached hydrogens (tertiary/aromatic N) is 3. The van der Waals surface area contributed by atoms with Gasteiger partial charge >= 0.3 is 0 Å². The van der Waals surface area contributed by atoms with Crippen molar-refractivity contribution in [2.75, 3.05) is 32.8 Å². The monoisotopic (exact) mass is 307 g/mol. The first-order chi connectivity index (χ1) is 10.3. The Morgan fingerprint density at radius 2 is 2.14 bits per heavy atom. The number of hydrogen-bond donors (Lipinski definition) is 0. The third-order valence-corrected chi connectivity index (χ3v) is 5.69. The summed E-state index contributed by atoms with van der Waals surface area (Å²) in [5.74, 6) is 1.50. The van der Waals surface area contributed by atoms with Crippen molar-refractivity contribution >= 4 is 17.2 Å². The maximum atomic E-state index is 12.4. The third kappa shape index (κ3) is 2.72. The maximum absolute atomic E-state index is 12.4. The second-order valence-corrected chi connectivity index (χ2v) is 7.36. The first kappa shape index (κ1) is 13.7. The fourth-order valence-electron chi connectivity index (χ4n) is 3.90. The lowest BCUT2D eigenvalue weighted by Crippen LogP contribution is -2.39. The average Bonchev–Trinajstić information content (AvgIpc) is 3.23. The number of likely N-dealkylation sites (tertiary alicyclic amines) is 2. The van der Waals surface area contributed by atoms with Crippen molar-refractivity contribution in [2.24, 2.45) is 11.8 Å². The Morgan fingerprint density at radius 3 is 2.76 bits per heavy atom. The quantitative estimate of drug-likeness (QED) is 0.842. The van der Waals surface area contributed by atoms with E-state index in [9.17, 15) is 4.79 Å². The molecule has 1 aromatic rings. The van der Waals surface area contributed by atoms with E-state index in [-0.39, 0.29) is 12.0 Å². The molecule has 0 spiro atoms. The molecule has 0 unspecified atom stereocenters. The van der Waals surface area contributed by atoms with E-state index in [1.54, 1.807) is 11.3 Å². The molecular weight excluding hydrogens is 286 g/mol. The summed E-state index contributed by atoms with van der Waals surface area (Å²) in [4.78, 5) is 21.3. The largest absolute Gasteiger partial charge is 0.368 e. The van der Waals surface area contributed by atoms with Gasteiger partial charge in [-0.15, -0.1) is 11.3 Å². The highest BCUT2D eigenvalue weighted by Crippen LogP contribution is 2.33. The van der Waals surface area contributed by atoms with Crippen molar-refractivity contribution in [1.29, 1.82) is 0 Å². The average molecular weight is 307 g/mol. The van der Waals surface area contributed by atoms with E-state index < -0.39 is 0 Å². The van der Waals surface area contributed by atoms with Crippen LogP contribution in [0.15, 0.2) is 11.6 Å². The van der Waals surface area contributed by atoms with Crippen LogP contribution in [0.4, 0.5) is 0 Å². The third-order valence-electron chi connectivity index (χ3n) is 4.92. The fraction of sp³-hybridized carbons (Fsp3) is 0.733. The van der Waals surface area contributed by atoms with Gasteiger partial charge in [0.15, 0.2) is 0 Å². The Bertz CT molecular complexity index is 487. The molecule has 0 N–H and O–H groups in total. The van der Waals surface area contributed by atoms with Crippen molar-refractivity contribution in [1.82, 2.24) is 14.8 Å². The van der Waals surface area contributed by atoms with E-state index >= 15 is 0 Å². The zero-order valence-corrected chi connectivity index (χ0v) is 12.9. The van der Waals surface area contributed by atoms with Gasteiger partial charge in [-0.3, -0.25) is 9.69 Å². The number of aromatic nitrogens is 1. The van der Waals surface area contributed by atoms with Gasteiger partial charge < -0.3 is 9.64 Å². The Morgan fingerprint density at radius 1 is 1.33 bits per heavy atom. The Hall–Kier alpha value is -0.980. The summed E-state index contributed by atoms with van der Waals surface area (Å²) < 4.78 is 5.53. The number of thiazole rings is 1. The summed E-state index contributed by atoms with van der Waals surface area (Å²) in [5, 5.41) is 3.23. The van der Waals surface area contributed by atoms with E-state index in [1.807, 2.05) is 16.5 Å². The predicted molar refractivity (Wildman–Crippen MR) is 79.9 cm³/mol. The minimum atomic E-state index is -0.157. The molecule has 3 fully saturated rings. The van der Waals surface area contributed by atoms with Gasteiger partial charge in [0.25, 0.3) is 5.91 Å². The summed E-state index contributed by atoms with van der Waals surface area (Å²) in [6, 6.07) is 0. The van der Waals surface area contributed by atoms with Gasteiger partial charge in [0.1, 0.15) is 11.1 Å². The molecule has 5 nitrogen and oxygen atoms in total. The number of carbonyl (C=O) groups is 1. The summed E-state index contributed by atoms with van der Waals surface area (Å²) >= 11 is 1.73. The number of rotatable bonds is 3. The van der Waals surface area contributed by atoms with Gasteiger partial charge in [-0.1, -0.05) is 0 Å². The molecule has 4 heterocycles. The highest BCUT2D eigenvalue weighted by atomic mass is 32.1. The van der Waals surface area contributed by atoms with Crippen molar-refractivity contribution < 1.29 is 9.53 Å². The molecule has 0 bridgehead atoms. The van der Waals surface area contributed by atoms with Crippen molar-refractivity contribution in [3.8, 4) is 0 Å². The summed E-state index contributed by atoms with van der Waals surface area (Å²) in [6.45, 7) is 5.73. The van der Waals surface area contributed by atoms with Crippen molar-refractivity contribution in [2.45, 2.75) is 25.5 Å². The topological polar surface area (TPSA) is 45.7 Å². The zero-order chi connectivity index (χ0) is 14.2. The van der Waals surface area contributed by atoms with E-state index in [2.05, 4.69) is 9.88 Å². The molecule has 3 atom stereocenters. The molecule has 1 amide bonds. The maximum Gasteiger partial charge on any atom is 0.251 e. The molecule has 3 saturated heterocycles. The molecule has 0 aromatic carbocycles. The predicted octanol–water partition coefficient (Wildman–Crippen LogP) is 1.21. The molecule has 0 saturated carbocycles. The van der Waals surface area contributed by atoms with Crippen molar-refractivity contribution in [3.05, 3.63) is 16.6 Å². The van der Waals surface area contributed by atoms with Gasteiger partial charge in [0.2, 0.25) is 0 Å². The number of amides is 1. The van der Waals surface area contributed by atoms with Crippen LogP contribution in [0, 0.1) is 11.8 Å². The molecule has 6 heteroatoms. The van der Waals surface area contributed by atoms with Crippen LogP contribution in [0.5, 0.6) is 0 Å². The Kier molecular flexibility index (Phi) is 3.69. The Balaban J connectivity index is 1.32. The fourth-order valence-corrected chi connectivity index (χ4v) is 4.56. The minimum Gasteiger partial charge on any atom is -0.368 e. The van der Waals surface area contributed by atoms with Crippen LogP contribution in [0.1, 0.15) is 17.8 Å². The van der Waals surface area contributed by atoms with E-state index in [0.29, 0.717) is 11.8 Å². The highest BCUT2D eigenvalue weighted by molar-refractivity contribution is 7.09. The minimum absolute atomic E-state index is 0.157. The van der Waals surface area contributed by atoms with Gasteiger partial charge in [-0.05, 0) is 24.7 Å². The number of fused-ring (bicyclic) bond motifs is 1. The van der Waals surface area contributed by atoms with E-state index in [0.717, 1.165) is 52.2 Å². The number of carbonyl (C=O) groups excluding carboxylic acids is 1. The smallest absolute Gasteiger partial charge is 0.251 e. The lowest BCUT2D eigenvalue weighted by Gasteiger charge is -2.23. The van der Waals surface area contributed by atoms with Crippen LogP contribution < -0.4 is 0 Å². The SMILES string of the molecule is O=C([C@@H]1CCCO1)N1C[C@H]2CN(Cc3nccs3)C[C@H]2C1. The molecule has 1 aromatic heterocycles. The second kappa shape index (κ2) is 5.66. The van der Waals surface area contributed by atoms with Crippen LogP contribution in [-0.4, -0.2) is 59.6 Å². The first-order valence-electron chi connectivity index (χ1n) is 7.81. The lowest BCUT2D eigenvalue weighted by molar-refractivity contribution is -0.140. The van der Waals surface area contributed by atoms with Gasteiger partial charge in [-0.2, -0.15) is 0 Å². The molecule has 3 aliphatic rings. The van der Waals surface area contributed by atoms with Crippen LogP contribution in [0.3, 0.4) is 0 Å². The summed E-state index contributed by atoms with van der Waals surface area (Å²) in [7, 11) is 0. The molecule has 21 heavy (non-hydrogen) atoms. The molecule has 0 aliphatic carbocycles. The zero-order valence-electron chi connectivity index (χ0n) is 12.1. The van der Waals surface area contributed by atoms with Crippen LogP contribution >= 0.6 is 11.3 Å². The molecule has 4 rings (SSSR count). The standard InChI is InChI=1S/C15H21N3O2S/c19-15(13-2-1-4-20-13)18-8-11-6-17(7-12(11)9-18)10-14-16-3-5-21-14/h3,5,11-13H,1-2,4,6-10H2/t11-,12+,13-/m0/s1. The summed E-state index contributed by atoms with van der Waals surface area (Å²) in [6.07, 6.45) is 3.65. The molecule has 114 valence electrons. The highest BCUT2D eigenvalue weighted by Gasteiger charge is 2.43. The normalized spacial score (nSPS) is 32.8. The first-order valence-corrected chi connectivity index (χ1v) is 8.68. The lowest BCUT2D eigenvalue weighted by atomic mass is 10.0. The molecule has 3 aliphatic heterocycles.